The Hall–Kier alpha value is -1.67. The maximum absolute atomic E-state index is 13.2. The lowest BCUT2D eigenvalue weighted by Gasteiger charge is -2.09. The fourth-order valence-electron chi connectivity index (χ4n) is 1.80. The normalized spacial score (nSPS) is 10.4. The molecule has 16 heavy (non-hydrogen) atoms. The van der Waals surface area contributed by atoms with Gasteiger partial charge >= 0.3 is 0 Å². The molecule has 0 saturated carbocycles. The fraction of sp³-hybridized carbons (Fsp3) is 0.143. The third-order valence-electron chi connectivity index (χ3n) is 2.52. The molecule has 2 rings (SSSR count). The Morgan fingerprint density at radius 2 is 1.88 bits per heavy atom. The van der Waals surface area contributed by atoms with Crippen molar-refractivity contribution in [2.45, 2.75) is 6.54 Å². The summed E-state index contributed by atoms with van der Waals surface area (Å²) in [4.78, 5) is 0. The van der Waals surface area contributed by atoms with Crippen LogP contribution in [0.5, 0.6) is 0 Å². The molecule has 1 N–H and O–H groups in total. The topological polar surface area (TPSA) is 12.0 Å². The van der Waals surface area contributed by atoms with Crippen LogP contribution in [0.3, 0.4) is 0 Å². The summed E-state index contributed by atoms with van der Waals surface area (Å²) < 4.78 is 13.2. The first-order chi connectivity index (χ1) is 7.81. The van der Waals surface area contributed by atoms with Gasteiger partial charge in [0.05, 0.1) is 0 Å². The van der Waals surface area contributed by atoms with Gasteiger partial charge in [-0.25, -0.2) is 4.39 Å². The van der Waals surface area contributed by atoms with Crippen molar-refractivity contribution in [1.29, 1.82) is 0 Å². The van der Waals surface area contributed by atoms with Crippen LogP contribution < -0.4 is 5.32 Å². The summed E-state index contributed by atoms with van der Waals surface area (Å²) in [5.41, 5.74) is 3.18. The van der Waals surface area contributed by atoms with E-state index in [9.17, 15) is 4.39 Å². The van der Waals surface area contributed by atoms with Crippen LogP contribution in [0.4, 0.5) is 4.39 Å². The zero-order chi connectivity index (χ0) is 11.4. The van der Waals surface area contributed by atoms with Gasteiger partial charge in [-0.05, 0) is 35.9 Å². The first-order valence-electron chi connectivity index (χ1n) is 5.29. The van der Waals surface area contributed by atoms with E-state index in [1.807, 2.05) is 31.3 Å². The molecule has 2 aromatic rings. The van der Waals surface area contributed by atoms with Crippen LogP contribution in [-0.4, -0.2) is 7.05 Å². The summed E-state index contributed by atoms with van der Waals surface area (Å²) in [5, 5.41) is 3.12. The summed E-state index contributed by atoms with van der Waals surface area (Å²) in [6.07, 6.45) is 0. The Labute approximate surface area is 94.9 Å². The molecule has 0 heterocycles. The maximum atomic E-state index is 13.2. The van der Waals surface area contributed by atoms with Crippen LogP contribution in [0.2, 0.25) is 0 Å². The average Bonchev–Trinajstić information content (AvgIpc) is 2.30. The van der Waals surface area contributed by atoms with E-state index in [1.54, 1.807) is 12.1 Å². The number of benzene rings is 2. The Kier molecular flexibility index (Phi) is 3.32. The minimum absolute atomic E-state index is 0.197. The van der Waals surface area contributed by atoms with Crippen LogP contribution in [0.25, 0.3) is 11.1 Å². The highest BCUT2D eigenvalue weighted by molar-refractivity contribution is 5.67. The Morgan fingerprint density at radius 3 is 2.62 bits per heavy atom. The predicted molar refractivity (Wildman–Crippen MR) is 64.6 cm³/mol. The van der Waals surface area contributed by atoms with Crippen molar-refractivity contribution in [3.8, 4) is 11.1 Å². The van der Waals surface area contributed by atoms with Gasteiger partial charge in [0.25, 0.3) is 0 Å². The molecule has 0 atom stereocenters. The van der Waals surface area contributed by atoms with Crippen molar-refractivity contribution in [2.24, 2.45) is 0 Å². The molecule has 0 unspecified atom stereocenters. The zero-order valence-corrected chi connectivity index (χ0v) is 9.20. The summed E-state index contributed by atoms with van der Waals surface area (Å²) in [6.45, 7) is 0.784. The average molecular weight is 215 g/mol. The number of nitrogens with one attached hydrogen (secondary N) is 1. The molecule has 0 aromatic heterocycles. The second-order valence-corrected chi connectivity index (χ2v) is 3.70. The smallest absolute Gasteiger partial charge is 0.123 e. The van der Waals surface area contributed by atoms with Crippen molar-refractivity contribution in [3.05, 3.63) is 59.9 Å². The lowest BCUT2D eigenvalue weighted by molar-refractivity contribution is 0.628. The summed E-state index contributed by atoms with van der Waals surface area (Å²) in [7, 11) is 1.91. The van der Waals surface area contributed by atoms with E-state index in [4.69, 9.17) is 0 Å². The SMILES string of the molecule is CNCc1ccccc1-c1cccc(F)c1. The van der Waals surface area contributed by atoms with Crippen molar-refractivity contribution in [1.82, 2.24) is 5.32 Å². The molecule has 0 spiro atoms. The van der Waals surface area contributed by atoms with E-state index in [0.717, 1.165) is 17.7 Å². The molecule has 0 saturated heterocycles. The number of hydrogen-bond acceptors (Lipinski definition) is 1. The van der Waals surface area contributed by atoms with E-state index in [0.29, 0.717) is 0 Å². The molecule has 0 radical (unpaired) electrons. The Balaban J connectivity index is 2.46. The molecule has 0 aliphatic carbocycles. The van der Waals surface area contributed by atoms with Gasteiger partial charge in [0.1, 0.15) is 5.82 Å². The second-order valence-electron chi connectivity index (χ2n) is 3.70. The third-order valence-corrected chi connectivity index (χ3v) is 2.52. The van der Waals surface area contributed by atoms with Crippen LogP contribution >= 0.6 is 0 Å². The number of hydrogen-bond donors (Lipinski definition) is 1. The van der Waals surface area contributed by atoms with E-state index in [1.165, 1.54) is 11.6 Å². The quantitative estimate of drug-likeness (QED) is 0.829. The predicted octanol–water partition coefficient (Wildman–Crippen LogP) is 3.21. The fourth-order valence-corrected chi connectivity index (χ4v) is 1.80. The molecule has 0 aliphatic rings. The highest BCUT2D eigenvalue weighted by Crippen LogP contribution is 2.24. The van der Waals surface area contributed by atoms with Gasteiger partial charge in [-0.15, -0.1) is 0 Å². The number of rotatable bonds is 3. The monoisotopic (exact) mass is 215 g/mol. The lowest BCUT2D eigenvalue weighted by Crippen LogP contribution is -2.06. The van der Waals surface area contributed by atoms with Crippen LogP contribution in [0.15, 0.2) is 48.5 Å². The van der Waals surface area contributed by atoms with Gasteiger partial charge in [0, 0.05) is 6.54 Å². The van der Waals surface area contributed by atoms with Gasteiger partial charge in [0.15, 0.2) is 0 Å². The van der Waals surface area contributed by atoms with Crippen molar-refractivity contribution >= 4 is 0 Å². The minimum Gasteiger partial charge on any atom is -0.316 e. The van der Waals surface area contributed by atoms with Crippen LogP contribution in [-0.2, 0) is 6.54 Å². The molecule has 2 aromatic carbocycles. The molecular weight excluding hydrogens is 201 g/mol. The minimum atomic E-state index is -0.197. The van der Waals surface area contributed by atoms with Crippen molar-refractivity contribution in [3.63, 3.8) is 0 Å². The van der Waals surface area contributed by atoms with Gasteiger partial charge in [-0.1, -0.05) is 36.4 Å². The third kappa shape index (κ3) is 2.28. The molecule has 0 fully saturated rings. The van der Waals surface area contributed by atoms with Crippen LogP contribution in [0.1, 0.15) is 5.56 Å². The maximum Gasteiger partial charge on any atom is 0.123 e. The van der Waals surface area contributed by atoms with Gasteiger partial charge in [0.2, 0.25) is 0 Å². The van der Waals surface area contributed by atoms with Crippen molar-refractivity contribution in [2.75, 3.05) is 7.05 Å². The van der Waals surface area contributed by atoms with Gasteiger partial charge in [-0.2, -0.15) is 0 Å². The highest BCUT2D eigenvalue weighted by atomic mass is 19.1. The van der Waals surface area contributed by atoms with Crippen LogP contribution in [0, 0.1) is 5.82 Å². The molecule has 0 aliphatic heterocycles. The summed E-state index contributed by atoms with van der Waals surface area (Å²) in [6, 6.07) is 14.7. The molecule has 1 nitrogen and oxygen atoms in total. The molecule has 2 heteroatoms. The summed E-state index contributed by atoms with van der Waals surface area (Å²) in [5.74, 6) is -0.197. The largest absolute Gasteiger partial charge is 0.316 e. The van der Waals surface area contributed by atoms with E-state index >= 15 is 0 Å². The summed E-state index contributed by atoms with van der Waals surface area (Å²) >= 11 is 0. The first kappa shape index (κ1) is 10.8. The number of halogens is 1. The second kappa shape index (κ2) is 4.90. The van der Waals surface area contributed by atoms with Crippen molar-refractivity contribution < 1.29 is 4.39 Å². The van der Waals surface area contributed by atoms with E-state index in [2.05, 4.69) is 11.4 Å². The van der Waals surface area contributed by atoms with Gasteiger partial charge in [-0.3, -0.25) is 0 Å². The Morgan fingerprint density at radius 1 is 1.06 bits per heavy atom. The molecule has 82 valence electrons. The zero-order valence-electron chi connectivity index (χ0n) is 9.20. The molecule has 0 bridgehead atoms. The van der Waals surface area contributed by atoms with E-state index in [-0.39, 0.29) is 5.82 Å². The molecule has 0 amide bonds. The lowest BCUT2D eigenvalue weighted by atomic mass is 10.00. The van der Waals surface area contributed by atoms with Gasteiger partial charge < -0.3 is 5.32 Å². The highest BCUT2D eigenvalue weighted by Gasteiger charge is 2.04. The first-order valence-corrected chi connectivity index (χ1v) is 5.29. The standard InChI is InChI=1S/C14H14FN/c1-16-10-12-5-2-3-8-14(12)11-6-4-7-13(15)9-11/h2-9,16H,10H2,1H3. The van der Waals surface area contributed by atoms with E-state index < -0.39 is 0 Å². The molecular formula is C14H14FN. The Bertz CT molecular complexity index is 480.